The number of benzene rings is 2. The summed E-state index contributed by atoms with van der Waals surface area (Å²) in [6.07, 6.45) is 3.93. The Hall–Kier alpha value is -2.37. The Morgan fingerprint density at radius 1 is 1.14 bits per heavy atom. The van der Waals surface area contributed by atoms with Crippen molar-refractivity contribution in [3.63, 3.8) is 0 Å². The van der Waals surface area contributed by atoms with E-state index >= 15 is 0 Å². The number of ether oxygens (including phenoxy) is 3. The largest absolute Gasteiger partial charge is 0.496 e. The maximum atomic E-state index is 13.4. The molecular weight excluding hydrogens is 366 g/mol. The van der Waals surface area contributed by atoms with Crippen molar-refractivity contribution < 1.29 is 19.0 Å². The number of rotatable bonds is 5. The van der Waals surface area contributed by atoms with Crippen LogP contribution in [0, 0.1) is 12.8 Å². The number of anilines is 1. The van der Waals surface area contributed by atoms with Crippen LogP contribution in [-0.4, -0.2) is 32.8 Å². The lowest BCUT2D eigenvalue weighted by Crippen LogP contribution is -2.47. The molecule has 2 aromatic carbocycles. The Kier molecular flexibility index (Phi) is 4.60. The van der Waals surface area contributed by atoms with Crippen molar-refractivity contribution in [3.05, 3.63) is 58.7 Å². The highest BCUT2D eigenvalue weighted by Crippen LogP contribution is 2.47. The number of methoxy groups -OCH3 is 1. The third kappa shape index (κ3) is 3.22. The number of fused-ring (bicyclic) bond motifs is 2. The minimum Gasteiger partial charge on any atom is -0.496 e. The van der Waals surface area contributed by atoms with Gasteiger partial charge in [-0.25, -0.2) is 0 Å². The fourth-order valence-electron chi connectivity index (χ4n) is 4.41. The molecule has 1 saturated heterocycles. The number of carbonyl (C=O) groups is 1. The monoisotopic (exact) mass is 393 g/mol. The molecule has 0 aromatic heterocycles. The van der Waals surface area contributed by atoms with E-state index in [-0.39, 0.29) is 5.91 Å². The van der Waals surface area contributed by atoms with Gasteiger partial charge in [0.05, 0.1) is 26.0 Å². The van der Waals surface area contributed by atoms with Gasteiger partial charge in [0.25, 0.3) is 11.7 Å². The van der Waals surface area contributed by atoms with E-state index in [4.69, 9.17) is 14.2 Å². The first-order chi connectivity index (χ1) is 14.1. The van der Waals surface area contributed by atoms with Gasteiger partial charge in [0.1, 0.15) is 5.75 Å². The predicted molar refractivity (Wildman–Crippen MR) is 110 cm³/mol. The average molecular weight is 393 g/mol. The molecule has 0 N–H and O–H groups in total. The molecule has 5 heteroatoms. The van der Waals surface area contributed by atoms with Crippen molar-refractivity contribution in [2.45, 2.75) is 38.4 Å². The first-order valence-electron chi connectivity index (χ1n) is 10.5. The van der Waals surface area contributed by atoms with Crippen LogP contribution in [0.1, 0.15) is 41.5 Å². The molecule has 0 bridgehead atoms. The number of carbonyl (C=O) groups excluding carboxylic acids is 1. The minimum absolute atomic E-state index is 0.0654. The van der Waals surface area contributed by atoms with Gasteiger partial charge in [0.2, 0.25) is 0 Å². The lowest BCUT2D eigenvalue weighted by molar-refractivity contribution is -0.256. The van der Waals surface area contributed by atoms with Crippen molar-refractivity contribution in [1.82, 2.24) is 0 Å². The first-order valence-corrected chi connectivity index (χ1v) is 10.5. The number of hydrogen-bond donors (Lipinski definition) is 0. The number of amides is 1. The van der Waals surface area contributed by atoms with Crippen LogP contribution in [0.25, 0.3) is 0 Å². The molecule has 1 saturated carbocycles. The average Bonchev–Trinajstić information content (AvgIpc) is 3.53. The maximum Gasteiger partial charge on any atom is 0.292 e. The van der Waals surface area contributed by atoms with Gasteiger partial charge in [0.15, 0.2) is 0 Å². The highest BCUT2D eigenvalue weighted by atomic mass is 16.7. The van der Waals surface area contributed by atoms with Gasteiger partial charge in [-0.15, -0.1) is 0 Å². The molecule has 0 atom stereocenters. The zero-order valence-electron chi connectivity index (χ0n) is 17.1. The normalized spacial score (nSPS) is 20.2. The summed E-state index contributed by atoms with van der Waals surface area (Å²) in [5.41, 5.74) is 5.23. The second-order valence-corrected chi connectivity index (χ2v) is 8.37. The SMILES string of the molecule is COc1ccc(C)cc1Cc1ccc2c(c1)C1(OCCCO1)C(=O)N2CC1CC1. The molecule has 0 unspecified atom stereocenters. The Balaban J connectivity index is 1.53. The quantitative estimate of drug-likeness (QED) is 0.772. The standard InChI is InChI=1S/C24H27NO4/c1-16-4-9-22(27-2)19(12-16)13-18-7-8-21-20(14-18)24(28-10-3-11-29-24)23(26)25(21)15-17-5-6-17/h4,7-9,12,14,17H,3,5-6,10-11,13,15H2,1-2H3. The van der Waals surface area contributed by atoms with Crippen LogP contribution in [0.15, 0.2) is 36.4 Å². The zero-order valence-corrected chi connectivity index (χ0v) is 17.1. The minimum atomic E-state index is -1.27. The van der Waals surface area contributed by atoms with Gasteiger partial charge in [-0.2, -0.15) is 0 Å². The molecular formula is C24H27NO4. The zero-order chi connectivity index (χ0) is 20.0. The summed E-state index contributed by atoms with van der Waals surface area (Å²) in [5.74, 6) is 0.142. The van der Waals surface area contributed by atoms with Gasteiger partial charge < -0.3 is 19.1 Å². The first kappa shape index (κ1) is 18.6. The third-order valence-electron chi connectivity index (χ3n) is 6.10. The van der Waals surface area contributed by atoms with Crippen LogP contribution in [-0.2, 0) is 26.5 Å². The summed E-state index contributed by atoms with van der Waals surface area (Å²) < 4.78 is 17.6. The summed E-state index contributed by atoms with van der Waals surface area (Å²) >= 11 is 0. The number of hydrogen-bond acceptors (Lipinski definition) is 4. The summed E-state index contributed by atoms with van der Waals surface area (Å²) in [7, 11) is 1.70. The third-order valence-corrected chi connectivity index (χ3v) is 6.10. The fraction of sp³-hybridized carbons (Fsp3) is 0.458. The molecule has 2 fully saturated rings. The summed E-state index contributed by atoms with van der Waals surface area (Å²) in [6.45, 7) is 3.92. The van der Waals surface area contributed by atoms with Crippen LogP contribution in [0.5, 0.6) is 5.75 Å². The molecule has 1 aliphatic carbocycles. The van der Waals surface area contributed by atoms with Gasteiger partial charge in [0, 0.05) is 18.5 Å². The van der Waals surface area contributed by atoms with E-state index in [2.05, 4.69) is 37.3 Å². The topological polar surface area (TPSA) is 48.0 Å². The molecule has 2 aromatic rings. The van der Waals surface area contributed by atoms with Crippen molar-refractivity contribution >= 4 is 11.6 Å². The van der Waals surface area contributed by atoms with E-state index in [0.29, 0.717) is 19.1 Å². The Morgan fingerprint density at radius 3 is 2.66 bits per heavy atom. The molecule has 5 nitrogen and oxygen atoms in total. The van der Waals surface area contributed by atoms with Crippen LogP contribution < -0.4 is 9.64 Å². The van der Waals surface area contributed by atoms with Crippen LogP contribution in [0.2, 0.25) is 0 Å². The van der Waals surface area contributed by atoms with Gasteiger partial charge in [-0.1, -0.05) is 23.8 Å². The molecule has 5 rings (SSSR count). The predicted octanol–water partition coefficient (Wildman–Crippen LogP) is 3.94. The van der Waals surface area contributed by atoms with E-state index < -0.39 is 5.79 Å². The second kappa shape index (κ2) is 7.15. The molecule has 1 spiro atoms. The van der Waals surface area contributed by atoms with Crippen molar-refractivity contribution in [1.29, 1.82) is 0 Å². The highest BCUT2D eigenvalue weighted by molar-refractivity contribution is 6.06. The summed E-state index contributed by atoms with van der Waals surface area (Å²) in [4.78, 5) is 15.3. The maximum absolute atomic E-state index is 13.4. The molecule has 29 heavy (non-hydrogen) atoms. The fourth-order valence-corrected chi connectivity index (χ4v) is 4.41. The van der Waals surface area contributed by atoms with Crippen molar-refractivity contribution in [2.75, 3.05) is 31.8 Å². The number of nitrogens with zero attached hydrogens (tertiary/aromatic N) is 1. The van der Waals surface area contributed by atoms with Crippen LogP contribution >= 0.6 is 0 Å². The molecule has 2 aliphatic heterocycles. The number of aryl methyl sites for hydroxylation is 1. The van der Waals surface area contributed by atoms with Crippen LogP contribution in [0.4, 0.5) is 5.69 Å². The van der Waals surface area contributed by atoms with Crippen LogP contribution in [0.3, 0.4) is 0 Å². The summed E-state index contributed by atoms with van der Waals surface area (Å²) in [6, 6.07) is 12.5. The van der Waals surface area contributed by atoms with E-state index in [0.717, 1.165) is 47.5 Å². The molecule has 3 aliphatic rings. The lowest BCUT2D eigenvalue weighted by Gasteiger charge is -2.32. The Labute approximate surface area is 171 Å². The molecule has 1 amide bonds. The molecule has 0 radical (unpaired) electrons. The van der Waals surface area contributed by atoms with E-state index in [9.17, 15) is 4.79 Å². The smallest absolute Gasteiger partial charge is 0.292 e. The van der Waals surface area contributed by atoms with Gasteiger partial charge >= 0.3 is 0 Å². The second-order valence-electron chi connectivity index (χ2n) is 8.37. The molecule has 152 valence electrons. The summed E-state index contributed by atoms with van der Waals surface area (Å²) in [5, 5.41) is 0. The van der Waals surface area contributed by atoms with E-state index in [1.165, 1.54) is 18.4 Å². The van der Waals surface area contributed by atoms with E-state index in [1.807, 2.05) is 11.0 Å². The Bertz CT molecular complexity index is 944. The molecule has 2 heterocycles. The van der Waals surface area contributed by atoms with Gasteiger partial charge in [-0.3, -0.25) is 4.79 Å². The Morgan fingerprint density at radius 2 is 1.93 bits per heavy atom. The highest BCUT2D eigenvalue weighted by Gasteiger charge is 2.55. The van der Waals surface area contributed by atoms with E-state index in [1.54, 1.807) is 7.11 Å². The van der Waals surface area contributed by atoms with Crippen molar-refractivity contribution in [3.8, 4) is 5.75 Å². The van der Waals surface area contributed by atoms with Crippen molar-refractivity contribution in [2.24, 2.45) is 5.92 Å². The lowest BCUT2D eigenvalue weighted by atomic mass is 9.97. The van der Waals surface area contributed by atoms with Gasteiger partial charge in [-0.05, 0) is 61.4 Å².